The Labute approximate surface area is 38.3 Å². The highest BCUT2D eigenvalue weighted by Gasteiger charge is 2.33. The van der Waals surface area contributed by atoms with E-state index in [0.29, 0.717) is 6.10 Å². The van der Waals surface area contributed by atoms with E-state index in [2.05, 4.69) is 6.92 Å². The van der Waals surface area contributed by atoms with Crippen molar-refractivity contribution in [1.82, 2.24) is 0 Å². The summed E-state index contributed by atoms with van der Waals surface area (Å²) in [7, 11) is 0. The molecule has 0 spiro atoms. The van der Waals surface area contributed by atoms with Crippen molar-refractivity contribution < 1.29 is 4.74 Å². The van der Waals surface area contributed by atoms with Crippen LogP contribution in [0.3, 0.4) is 0 Å². The van der Waals surface area contributed by atoms with Crippen LogP contribution in [0.2, 0.25) is 0 Å². The summed E-state index contributed by atoms with van der Waals surface area (Å²) >= 11 is 0. The van der Waals surface area contributed by atoms with Gasteiger partial charge in [0.1, 0.15) is 6.10 Å². The van der Waals surface area contributed by atoms with Gasteiger partial charge in [-0.1, -0.05) is 6.92 Å². The van der Waals surface area contributed by atoms with Crippen molar-refractivity contribution in [3.8, 4) is 0 Å². The molecule has 1 saturated heterocycles. The van der Waals surface area contributed by atoms with Crippen molar-refractivity contribution in [2.75, 3.05) is 0 Å². The fraction of sp³-hybridized carbons (Fsp3) is 0.600. The van der Waals surface area contributed by atoms with Crippen molar-refractivity contribution in [2.24, 2.45) is 0 Å². The highest BCUT2D eigenvalue weighted by molar-refractivity contribution is 5.00. The Bertz CT molecular complexity index is 49.9. The molecule has 0 aliphatic carbocycles. The molecule has 2 radical (unpaired) electrons. The van der Waals surface area contributed by atoms with Crippen LogP contribution in [0.4, 0.5) is 0 Å². The van der Waals surface area contributed by atoms with Crippen molar-refractivity contribution in [2.45, 2.75) is 19.4 Å². The summed E-state index contributed by atoms with van der Waals surface area (Å²) in [5.74, 6) is 0. The van der Waals surface area contributed by atoms with Crippen LogP contribution in [-0.2, 0) is 4.74 Å². The van der Waals surface area contributed by atoms with Gasteiger partial charge in [0, 0.05) is 0 Å². The molecule has 1 unspecified atom stereocenters. The van der Waals surface area contributed by atoms with Gasteiger partial charge in [-0.15, -0.1) is 0 Å². The number of hydrogen-bond acceptors (Lipinski definition) is 1. The van der Waals surface area contributed by atoms with Gasteiger partial charge in [0.2, 0.25) is 0 Å². The van der Waals surface area contributed by atoms with Crippen LogP contribution in [0.1, 0.15) is 13.3 Å². The minimum Gasteiger partial charge on any atom is -0.363 e. The zero-order valence-electron chi connectivity index (χ0n) is 3.90. The molecule has 1 heterocycles. The standard InChI is InChI=1S/C5H8O/c1-3-5-4(2)6-5/h4H,1,3H2,2H3. The van der Waals surface area contributed by atoms with Gasteiger partial charge in [0.05, 0.1) is 6.10 Å². The Kier molecular flexibility index (Phi) is 0.845. The second-order valence-electron chi connectivity index (χ2n) is 1.48. The molecular formula is C5H8O. The number of hydrogen-bond donors (Lipinski definition) is 0. The predicted octanol–water partition coefficient (Wildman–Crippen LogP) is 1.16. The molecule has 34 valence electrons. The molecule has 0 amide bonds. The summed E-state index contributed by atoms with van der Waals surface area (Å²) in [6, 6.07) is 0. The summed E-state index contributed by atoms with van der Waals surface area (Å²) in [6.45, 7) is 5.66. The van der Waals surface area contributed by atoms with Gasteiger partial charge in [-0.3, -0.25) is 0 Å². The van der Waals surface area contributed by atoms with E-state index in [1.165, 1.54) is 0 Å². The van der Waals surface area contributed by atoms with Crippen LogP contribution in [-0.4, -0.2) is 6.10 Å². The van der Waals surface area contributed by atoms with E-state index < -0.39 is 0 Å². The fourth-order valence-corrected chi connectivity index (χ4v) is 0.455. The minimum atomic E-state index is 0.419. The SMILES string of the molecule is [CH2]C[C]1OC1C. The van der Waals surface area contributed by atoms with Gasteiger partial charge in [-0.05, 0) is 13.3 Å². The Balaban J connectivity index is 2.09. The highest BCUT2D eigenvalue weighted by atomic mass is 16.6. The third-order valence-electron chi connectivity index (χ3n) is 0.971. The molecule has 0 aromatic rings. The molecule has 0 N–H and O–H groups in total. The van der Waals surface area contributed by atoms with E-state index >= 15 is 0 Å². The summed E-state index contributed by atoms with van der Waals surface area (Å²) in [6.07, 6.45) is 2.42. The topological polar surface area (TPSA) is 12.5 Å². The lowest BCUT2D eigenvalue weighted by atomic mass is 10.3. The van der Waals surface area contributed by atoms with Crippen LogP contribution < -0.4 is 0 Å². The van der Waals surface area contributed by atoms with E-state index in [1.54, 1.807) is 0 Å². The third kappa shape index (κ3) is 0.548. The molecule has 1 fully saturated rings. The molecule has 1 aliphatic rings. The molecule has 6 heavy (non-hydrogen) atoms. The van der Waals surface area contributed by atoms with Gasteiger partial charge in [-0.25, -0.2) is 0 Å². The van der Waals surface area contributed by atoms with E-state index in [-0.39, 0.29) is 0 Å². The first-order chi connectivity index (χ1) is 2.84. The maximum atomic E-state index is 4.92. The van der Waals surface area contributed by atoms with Crippen molar-refractivity contribution in [1.29, 1.82) is 0 Å². The quantitative estimate of drug-likeness (QED) is 0.434. The average Bonchev–Trinajstić information content (AvgIpc) is 2.19. The maximum absolute atomic E-state index is 4.92. The molecule has 1 nitrogen and oxygen atoms in total. The van der Waals surface area contributed by atoms with Gasteiger partial charge in [0.25, 0.3) is 0 Å². The molecule has 1 aliphatic heterocycles. The molecular weight excluding hydrogens is 76.1 g/mol. The zero-order valence-corrected chi connectivity index (χ0v) is 3.90. The Morgan fingerprint density at radius 1 is 2.00 bits per heavy atom. The number of epoxide rings is 1. The maximum Gasteiger partial charge on any atom is 0.126 e. The van der Waals surface area contributed by atoms with E-state index in [4.69, 9.17) is 4.74 Å². The smallest absolute Gasteiger partial charge is 0.126 e. The van der Waals surface area contributed by atoms with E-state index in [9.17, 15) is 0 Å². The lowest BCUT2D eigenvalue weighted by Crippen LogP contribution is -1.71. The molecule has 0 aromatic carbocycles. The van der Waals surface area contributed by atoms with Gasteiger partial charge in [0.15, 0.2) is 0 Å². The first-order valence-electron chi connectivity index (χ1n) is 2.16. The Hall–Kier alpha value is -0.0400. The highest BCUT2D eigenvalue weighted by Crippen LogP contribution is 2.32. The van der Waals surface area contributed by atoms with Gasteiger partial charge >= 0.3 is 0 Å². The van der Waals surface area contributed by atoms with Crippen LogP contribution >= 0.6 is 0 Å². The van der Waals surface area contributed by atoms with E-state index in [1.807, 2.05) is 6.92 Å². The first-order valence-corrected chi connectivity index (χ1v) is 2.16. The molecule has 1 atom stereocenters. The molecule has 0 aromatic heterocycles. The van der Waals surface area contributed by atoms with Crippen LogP contribution in [0, 0.1) is 13.0 Å². The third-order valence-corrected chi connectivity index (χ3v) is 0.971. The summed E-state index contributed by atoms with van der Waals surface area (Å²) < 4.78 is 4.92. The van der Waals surface area contributed by atoms with Crippen LogP contribution in [0.25, 0.3) is 0 Å². The fourth-order valence-electron chi connectivity index (χ4n) is 0.455. The molecule has 0 saturated carbocycles. The van der Waals surface area contributed by atoms with Crippen molar-refractivity contribution in [3.05, 3.63) is 13.0 Å². The van der Waals surface area contributed by atoms with Gasteiger partial charge < -0.3 is 4.74 Å². The number of rotatable bonds is 1. The van der Waals surface area contributed by atoms with E-state index in [0.717, 1.165) is 12.5 Å². The summed E-state index contributed by atoms with van der Waals surface area (Å²) in [5.41, 5.74) is 0. The molecule has 0 bridgehead atoms. The Morgan fingerprint density at radius 2 is 2.50 bits per heavy atom. The summed E-state index contributed by atoms with van der Waals surface area (Å²) in [4.78, 5) is 0. The minimum absolute atomic E-state index is 0.419. The second-order valence-corrected chi connectivity index (χ2v) is 1.48. The van der Waals surface area contributed by atoms with Crippen LogP contribution in [0.15, 0.2) is 0 Å². The second kappa shape index (κ2) is 1.23. The Morgan fingerprint density at radius 3 is 2.50 bits per heavy atom. The predicted molar refractivity (Wildman–Crippen MR) is 23.8 cm³/mol. The largest absolute Gasteiger partial charge is 0.363 e. The monoisotopic (exact) mass is 84.1 g/mol. The average molecular weight is 84.1 g/mol. The van der Waals surface area contributed by atoms with Crippen molar-refractivity contribution >= 4 is 0 Å². The molecule has 1 heteroatoms. The van der Waals surface area contributed by atoms with Crippen molar-refractivity contribution in [3.63, 3.8) is 0 Å². The normalized spacial score (nSPS) is 34.0. The first kappa shape index (κ1) is 4.13. The van der Waals surface area contributed by atoms with Crippen LogP contribution in [0.5, 0.6) is 0 Å². The molecule has 1 rings (SSSR count). The lowest BCUT2D eigenvalue weighted by Gasteiger charge is -1.70. The lowest BCUT2D eigenvalue weighted by molar-refractivity contribution is 0.418. The summed E-state index contributed by atoms with van der Waals surface area (Å²) in [5, 5.41) is 0. The van der Waals surface area contributed by atoms with Gasteiger partial charge in [-0.2, -0.15) is 0 Å². The zero-order chi connectivity index (χ0) is 4.57. The number of ether oxygens (including phenoxy) is 1.